The molecule has 0 saturated heterocycles. The van der Waals surface area contributed by atoms with Crippen molar-refractivity contribution in [3.05, 3.63) is 58.9 Å². The highest BCUT2D eigenvalue weighted by Gasteiger charge is 2.16. The van der Waals surface area contributed by atoms with Crippen molar-refractivity contribution >= 4 is 23.7 Å². The Balaban J connectivity index is 2.43. The van der Waals surface area contributed by atoms with Crippen molar-refractivity contribution in [2.75, 3.05) is 5.32 Å². The number of benzene rings is 1. The highest BCUT2D eigenvalue weighted by atomic mass is 35.5. The summed E-state index contributed by atoms with van der Waals surface area (Å²) in [5.74, 6) is 0. The lowest BCUT2D eigenvalue weighted by molar-refractivity contribution is -0.105. The molecule has 1 unspecified atom stereocenters. The summed E-state index contributed by atoms with van der Waals surface area (Å²) in [6.45, 7) is 0. The molecule has 0 bridgehead atoms. The van der Waals surface area contributed by atoms with E-state index in [-0.39, 0.29) is 0 Å². The molecule has 18 heavy (non-hydrogen) atoms. The van der Waals surface area contributed by atoms with E-state index in [1.807, 2.05) is 0 Å². The Morgan fingerprint density at radius 2 is 2.06 bits per heavy atom. The number of hydrogen-bond acceptors (Lipinski definition) is 3. The van der Waals surface area contributed by atoms with Crippen LogP contribution in [-0.4, -0.2) is 16.5 Å². The summed E-state index contributed by atoms with van der Waals surface area (Å²) < 4.78 is 0. The number of aromatic nitrogens is 1. The fraction of sp³-hybridized carbons (Fsp3) is 0.0769. The van der Waals surface area contributed by atoms with E-state index in [1.165, 1.54) is 6.20 Å². The number of hydrogen-bond donors (Lipinski definition) is 2. The highest BCUT2D eigenvalue weighted by molar-refractivity contribution is 6.31. The molecule has 0 aliphatic rings. The fourth-order valence-corrected chi connectivity index (χ4v) is 1.93. The minimum atomic E-state index is -0.913. The molecule has 1 aromatic carbocycles. The van der Waals surface area contributed by atoms with Crippen molar-refractivity contribution in [1.82, 2.24) is 4.98 Å². The van der Waals surface area contributed by atoms with Gasteiger partial charge < -0.3 is 10.4 Å². The van der Waals surface area contributed by atoms with Crippen molar-refractivity contribution in [3.8, 4) is 0 Å². The molecule has 92 valence electrons. The smallest absolute Gasteiger partial charge is 0.211 e. The standard InChI is InChI=1S/C13H11ClN2O2/c14-11-7-15-6-5-9(11)13(18)10-3-1-2-4-12(10)16-8-17/h1-8,13,18H,(H,16,17). The van der Waals surface area contributed by atoms with Crippen molar-refractivity contribution in [1.29, 1.82) is 0 Å². The van der Waals surface area contributed by atoms with Gasteiger partial charge in [-0.15, -0.1) is 0 Å². The maximum atomic E-state index is 10.5. The number of rotatable bonds is 4. The largest absolute Gasteiger partial charge is 0.384 e. The Bertz CT molecular complexity index is 560. The number of nitrogens with one attached hydrogen (secondary N) is 1. The fourth-order valence-electron chi connectivity index (χ4n) is 1.71. The lowest BCUT2D eigenvalue weighted by Gasteiger charge is -2.16. The minimum Gasteiger partial charge on any atom is -0.384 e. The molecule has 1 aromatic heterocycles. The van der Waals surface area contributed by atoms with E-state index in [0.29, 0.717) is 28.2 Å². The van der Waals surface area contributed by atoms with Crippen LogP contribution >= 0.6 is 11.6 Å². The lowest BCUT2D eigenvalue weighted by Crippen LogP contribution is -2.06. The second-order valence-electron chi connectivity index (χ2n) is 3.65. The topological polar surface area (TPSA) is 62.2 Å². The van der Waals surface area contributed by atoms with Crippen LogP contribution in [0.25, 0.3) is 0 Å². The van der Waals surface area contributed by atoms with Crippen molar-refractivity contribution in [2.24, 2.45) is 0 Å². The zero-order chi connectivity index (χ0) is 13.0. The molecule has 0 radical (unpaired) electrons. The molecule has 0 saturated carbocycles. The molecule has 2 aromatic rings. The average Bonchev–Trinajstić information content (AvgIpc) is 2.40. The molecular formula is C13H11ClN2O2. The molecule has 1 amide bonds. The third kappa shape index (κ3) is 2.50. The van der Waals surface area contributed by atoms with Gasteiger partial charge in [0.15, 0.2) is 0 Å². The second-order valence-corrected chi connectivity index (χ2v) is 4.06. The van der Waals surface area contributed by atoms with Crippen LogP contribution in [0.2, 0.25) is 5.02 Å². The number of aliphatic hydroxyl groups is 1. The summed E-state index contributed by atoms with van der Waals surface area (Å²) in [5, 5.41) is 13.2. The van der Waals surface area contributed by atoms with Gasteiger partial charge in [0.2, 0.25) is 6.41 Å². The van der Waals surface area contributed by atoms with Crippen LogP contribution < -0.4 is 5.32 Å². The molecule has 2 rings (SSSR count). The first kappa shape index (κ1) is 12.5. The lowest BCUT2D eigenvalue weighted by atomic mass is 10.0. The van der Waals surface area contributed by atoms with E-state index in [9.17, 15) is 9.90 Å². The van der Waals surface area contributed by atoms with Crippen molar-refractivity contribution < 1.29 is 9.90 Å². The molecule has 0 aliphatic carbocycles. The summed E-state index contributed by atoms with van der Waals surface area (Å²) in [4.78, 5) is 14.4. The number of pyridine rings is 1. The van der Waals surface area contributed by atoms with Gasteiger partial charge >= 0.3 is 0 Å². The predicted molar refractivity (Wildman–Crippen MR) is 69.4 cm³/mol. The number of nitrogens with zero attached hydrogens (tertiary/aromatic N) is 1. The summed E-state index contributed by atoms with van der Waals surface area (Å²) in [5.41, 5.74) is 1.68. The van der Waals surface area contributed by atoms with E-state index >= 15 is 0 Å². The SMILES string of the molecule is O=CNc1ccccc1C(O)c1ccncc1Cl. The van der Waals surface area contributed by atoms with Crippen molar-refractivity contribution in [3.63, 3.8) is 0 Å². The molecule has 0 spiro atoms. The van der Waals surface area contributed by atoms with Crippen LogP contribution in [0.1, 0.15) is 17.2 Å². The van der Waals surface area contributed by atoms with Gasteiger partial charge in [0.1, 0.15) is 6.10 Å². The van der Waals surface area contributed by atoms with Crippen LogP contribution in [0, 0.1) is 0 Å². The number of para-hydroxylation sites is 1. The van der Waals surface area contributed by atoms with E-state index < -0.39 is 6.10 Å². The molecule has 1 heterocycles. The molecule has 0 aliphatic heterocycles. The summed E-state index contributed by atoms with van der Waals surface area (Å²) >= 11 is 5.99. The van der Waals surface area contributed by atoms with Crippen LogP contribution in [0.5, 0.6) is 0 Å². The van der Waals surface area contributed by atoms with E-state index in [0.717, 1.165) is 0 Å². The summed E-state index contributed by atoms with van der Waals surface area (Å²) in [6, 6.07) is 8.64. The molecule has 5 heteroatoms. The first-order valence-corrected chi connectivity index (χ1v) is 5.68. The first-order valence-electron chi connectivity index (χ1n) is 5.30. The Kier molecular flexibility index (Phi) is 3.92. The number of aliphatic hydroxyl groups excluding tert-OH is 1. The highest BCUT2D eigenvalue weighted by Crippen LogP contribution is 2.31. The Morgan fingerprint density at radius 1 is 1.28 bits per heavy atom. The third-order valence-corrected chi connectivity index (χ3v) is 2.88. The van der Waals surface area contributed by atoms with Gasteiger partial charge in [-0.2, -0.15) is 0 Å². The Hall–Kier alpha value is -1.91. The van der Waals surface area contributed by atoms with Gasteiger partial charge in [-0.3, -0.25) is 9.78 Å². The van der Waals surface area contributed by atoms with E-state index in [1.54, 1.807) is 36.5 Å². The number of carbonyl (C=O) groups excluding carboxylic acids is 1. The van der Waals surface area contributed by atoms with Gasteiger partial charge in [0.05, 0.1) is 5.02 Å². The Morgan fingerprint density at radius 3 is 2.78 bits per heavy atom. The summed E-state index contributed by atoms with van der Waals surface area (Å²) in [6.07, 6.45) is 2.68. The maximum absolute atomic E-state index is 10.5. The zero-order valence-electron chi connectivity index (χ0n) is 9.38. The van der Waals surface area contributed by atoms with Crippen LogP contribution in [0.15, 0.2) is 42.7 Å². The number of anilines is 1. The summed E-state index contributed by atoms with van der Waals surface area (Å²) in [7, 11) is 0. The van der Waals surface area contributed by atoms with Gasteiger partial charge in [0, 0.05) is 29.2 Å². The Labute approximate surface area is 109 Å². The number of halogens is 1. The molecule has 0 fully saturated rings. The van der Waals surface area contributed by atoms with Crippen LogP contribution in [0.3, 0.4) is 0 Å². The van der Waals surface area contributed by atoms with E-state index in [4.69, 9.17) is 11.6 Å². The first-order chi connectivity index (χ1) is 8.74. The van der Waals surface area contributed by atoms with Gasteiger partial charge in [0.25, 0.3) is 0 Å². The molecular weight excluding hydrogens is 252 g/mol. The van der Waals surface area contributed by atoms with Gasteiger partial charge in [-0.25, -0.2) is 0 Å². The predicted octanol–water partition coefficient (Wildman–Crippen LogP) is 2.39. The third-order valence-electron chi connectivity index (χ3n) is 2.57. The van der Waals surface area contributed by atoms with Crippen LogP contribution in [0.4, 0.5) is 5.69 Å². The second kappa shape index (κ2) is 5.62. The quantitative estimate of drug-likeness (QED) is 0.832. The number of carbonyl (C=O) groups is 1. The normalized spacial score (nSPS) is 11.9. The zero-order valence-corrected chi connectivity index (χ0v) is 10.1. The monoisotopic (exact) mass is 262 g/mol. The van der Waals surface area contributed by atoms with Crippen LogP contribution in [-0.2, 0) is 4.79 Å². The molecule has 4 nitrogen and oxygen atoms in total. The van der Waals surface area contributed by atoms with Gasteiger partial charge in [-0.1, -0.05) is 29.8 Å². The number of amides is 1. The van der Waals surface area contributed by atoms with Crippen molar-refractivity contribution in [2.45, 2.75) is 6.10 Å². The minimum absolute atomic E-state index is 0.380. The molecule has 2 N–H and O–H groups in total. The van der Waals surface area contributed by atoms with E-state index in [2.05, 4.69) is 10.3 Å². The maximum Gasteiger partial charge on any atom is 0.211 e. The van der Waals surface area contributed by atoms with Gasteiger partial charge in [-0.05, 0) is 12.1 Å². The molecule has 1 atom stereocenters. The average molecular weight is 263 g/mol.